The van der Waals surface area contributed by atoms with Gasteiger partial charge in [-0.3, -0.25) is 9.69 Å². The van der Waals surface area contributed by atoms with Gasteiger partial charge in [-0.25, -0.2) is 4.79 Å². The molecular weight excluding hydrogens is 364 g/mol. The molecule has 140 valence electrons. The van der Waals surface area contributed by atoms with Gasteiger partial charge in [0.05, 0.1) is 6.54 Å². The van der Waals surface area contributed by atoms with Crippen molar-refractivity contribution in [2.75, 3.05) is 13.2 Å². The highest BCUT2D eigenvalue weighted by atomic mass is 35.5. The SMILES string of the molecule is O=C1N[C@]2(CCCCc3ccccc32)C(=O)N1CCOc1ccc(Cl)cc1. The van der Waals surface area contributed by atoms with Crippen LogP contribution in [0.3, 0.4) is 0 Å². The Morgan fingerprint density at radius 3 is 2.67 bits per heavy atom. The number of nitrogens with zero attached hydrogens (tertiary/aromatic N) is 1. The minimum absolute atomic E-state index is 0.179. The van der Waals surface area contributed by atoms with Crippen LogP contribution >= 0.6 is 11.6 Å². The molecule has 0 aromatic heterocycles. The van der Waals surface area contributed by atoms with Gasteiger partial charge in [0, 0.05) is 5.02 Å². The van der Waals surface area contributed by atoms with Crippen molar-refractivity contribution in [3.63, 3.8) is 0 Å². The lowest BCUT2D eigenvalue weighted by Crippen LogP contribution is -2.44. The van der Waals surface area contributed by atoms with Crippen molar-refractivity contribution in [1.29, 1.82) is 0 Å². The first-order valence-electron chi connectivity index (χ1n) is 9.21. The van der Waals surface area contributed by atoms with Crippen molar-refractivity contribution < 1.29 is 14.3 Å². The molecule has 6 heteroatoms. The molecule has 1 fully saturated rings. The van der Waals surface area contributed by atoms with Crippen molar-refractivity contribution in [2.45, 2.75) is 31.2 Å². The molecule has 1 atom stereocenters. The summed E-state index contributed by atoms with van der Waals surface area (Å²) >= 11 is 5.86. The minimum Gasteiger partial charge on any atom is -0.492 e. The second-order valence-electron chi connectivity index (χ2n) is 6.96. The fraction of sp³-hybridized carbons (Fsp3) is 0.333. The van der Waals surface area contributed by atoms with Crippen LogP contribution in [0.25, 0.3) is 0 Å². The standard InChI is InChI=1S/C21H21ClN2O3/c22-16-8-10-17(11-9-16)27-14-13-24-19(25)21(23-20(24)26)12-4-3-6-15-5-1-2-7-18(15)21/h1-2,5,7-11H,3-4,6,12-14H2,(H,23,26)/t21-/m0/s1. The van der Waals surface area contributed by atoms with Crippen molar-refractivity contribution in [3.05, 3.63) is 64.7 Å². The zero-order valence-corrected chi connectivity index (χ0v) is 15.7. The van der Waals surface area contributed by atoms with Crippen molar-refractivity contribution in [3.8, 4) is 5.75 Å². The molecule has 1 N–H and O–H groups in total. The summed E-state index contributed by atoms with van der Waals surface area (Å²) in [6.07, 6.45) is 3.47. The molecule has 2 aromatic carbocycles. The zero-order valence-electron chi connectivity index (χ0n) is 14.9. The first kappa shape index (κ1) is 17.9. The number of carbonyl (C=O) groups is 2. The molecule has 3 amide bonds. The Bertz CT molecular complexity index is 868. The lowest BCUT2D eigenvalue weighted by molar-refractivity contribution is -0.132. The predicted molar refractivity (Wildman–Crippen MR) is 103 cm³/mol. The van der Waals surface area contributed by atoms with E-state index < -0.39 is 5.54 Å². The number of urea groups is 1. The number of halogens is 1. The van der Waals surface area contributed by atoms with E-state index in [0.717, 1.165) is 30.4 Å². The van der Waals surface area contributed by atoms with E-state index in [9.17, 15) is 9.59 Å². The molecule has 4 rings (SSSR count). The van der Waals surface area contributed by atoms with E-state index in [1.54, 1.807) is 24.3 Å². The maximum Gasteiger partial charge on any atom is 0.325 e. The highest BCUT2D eigenvalue weighted by Crippen LogP contribution is 2.38. The summed E-state index contributed by atoms with van der Waals surface area (Å²) in [5, 5.41) is 3.62. The molecule has 0 bridgehead atoms. The average Bonchev–Trinajstić information content (AvgIpc) is 2.82. The summed E-state index contributed by atoms with van der Waals surface area (Å²) in [4.78, 5) is 27.1. The van der Waals surface area contributed by atoms with Crippen LogP contribution < -0.4 is 10.1 Å². The van der Waals surface area contributed by atoms with E-state index in [-0.39, 0.29) is 25.1 Å². The summed E-state index contributed by atoms with van der Waals surface area (Å²) in [5.41, 5.74) is 1.13. The molecule has 5 nitrogen and oxygen atoms in total. The molecule has 0 unspecified atom stereocenters. The lowest BCUT2D eigenvalue weighted by Gasteiger charge is -2.27. The van der Waals surface area contributed by atoms with E-state index in [1.807, 2.05) is 24.3 Å². The number of aryl methyl sites for hydroxylation is 1. The lowest BCUT2D eigenvalue weighted by atomic mass is 9.84. The second-order valence-corrected chi connectivity index (χ2v) is 7.40. The van der Waals surface area contributed by atoms with Gasteiger partial charge in [-0.15, -0.1) is 0 Å². The van der Waals surface area contributed by atoms with Crippen molar-refractivity contribution in [1.82, 2.24) is 10.2 Å². The van der Waals surface area contributed by atoms with Gasteiger partial charge in [-0.2, -0.15) is 0 Å². The molecule has 2 aliphatic rings. The summed E-state index contributed by atoms with van der Waals surface area (Å²) in [7, 11) is 0. The first-order chi connectivity index (χ1) is 13.1. The Labute approximate surface area is 163 Å². The molecule has 0 saturated carbocycles. The molecule has 1 spiro atoms. The Morgan fingerprint density at radius 1 is 1.07 bits per heavy atom. The minimum atomic E-state index is -0.940. The smallest absolute Gasteiger partial charge is 0.325 e. The zero-order chi connectivity index (χ0) is 18.9. The summed E-state index contributed by atoms with van der Waals surface area (Å²) in [6, 6.07) is 14.6. The number of ether oxygens (including phenoxy) is 1. The monoisotopic (exact) mass is 384 g/mol. The van der Waals surface area contributed by atoms with Gasteiger partial charge in [-0.05, 0) is 61.1 Å². The van der Waals surface area contributed by atoms with E-state index in [4.69, 9.17) is 16.3 Å². The van der Waals surface area contributed by atoms with Gasteiger partial charge >= 0.3 is 6.03 Å². The summed E-state index contributed by atoms with van der Waals surface area (Å²) < 4.78 is 5.66. The Hall–Kier alpha value is -2.53. The van der Waals surface area contributed by atoms with E-state index >= 15 is 0 Å². The first-order valence-corrected chi connectivity index (χ1v) is 9.59. The maximum atomic E-state index is 13.3. The van der Waals surface area contributed by atoms with Gasteiger partial charge < -0.3 is 10.1 Å². The largest absolute Gasteiger partial charge is 0.492 e. The second kappa shape index (κ2) is 7.24. The van der Waals surface area contributed by atoms with E-state index in [1.165, 1.54) is 4.90 Å². The Kier molecular flexibility index (Phi) is 4.79. The third-order valence-electron chi connectivity index (χ3n) is 5.30. The number of rotatable bonds is 4. The molecular formula is C21H21ClN2O3. The van der Waals surface area contributed by atoms with E-state index in [0.29, 0.717) is 17.2 Å². The van der Waals surface area contributed by atoms with Crippen LogP contribution in [0, 0.1) is 0 Å². The normalized spacial score (nSPS) is 21.7. The number of hydrogen-bond acceptors (Lipinski definition) is 3. The molecule has 1 aliphatic carbocycles. The Morgan fingerprint density at radius 2 is 1.85 bits per heavy atom. The van der Waals surface area contributed by atoms with Crippen LogP contribution in [0.15, 0.2) is 48.5 Å². The highest BCUT2D eigenvalue weighted by Gasteiger charge is 2.53. The summed E-state index contributed by atoms with van der Waals surface area (Å²) in [6.45, 7) is 0.440. The molecule has 0 radical (unpaired) electrons. The van der Waals surface area contributed by atoms with Crippen LogP contribution in [0.2, 0.25) is 5.02 Å². The van der Waals surface area contributed by atoms with Crippen LogP contribution in [0.1, 0.15) is 30.4 Å². The maximum absolute atomic E-state index is 13.3. The van der Waals surface area contributed by atoms with Crippen molar-refractivity contribution in [2.24, 2.45) is 0 Å². The molecule has 1 aliphatic heterocycles. The number of carbonyl (C=O) groups excluding carboxylic acids is 2. The van der Waals surface area contributed by atoms with E-state index in [2.05, 4.69) is 5.32 Å². The summed E-state index contributed by atoms with van der Waals surface area (Å²) in [5.74, 6) is 0.475. The molecule has 2 aromatic rings. The third-order valence-corrected chi connectivity index (χ3v) is 5.55. The number of amides is 3. The topological polar surface area (TPSA) is 58.6 Å². The van der Waals surface area contributed by atoms with Crippen LogP contribution in [-0.4, -0.2) is 30.0 Å². The number of imide groups is 1. The average molecular weight is 385 g/mol. The number of fused-ring (bicyclic) bond motifs is 2. The van der Waals surface area contributed by atoms with Gasteiger partial charge in [0.1, 0.15) is 17.9 Å². The number of benzene rings is 2. The van der Waals surface area contributed by atoms with Gasteiger partial charge in [0.15, 0.2) is 0 Å². The highest BCUT2D eigenvalue weighted by molar-refractivity contribution is 6.30. The molecule has 27 heavy (non-hydrogen) atoms. The van der Waals surface area contributed by atoms with Crippen LogP contribution in [-0.2, 0) is 16.8 Å². The molecule has 1 saturated heterocycles. The Balaban J connectivity index is 1.51. The van der Waals surface area contributed by atoms with Crippen LogP contribution in [0.5, 0.6) is 5.75 Å². The number of nitrogens with one attached hydrogen (secondary N) is 1. The van der Waals surface area contributed by atoms with Crippen molar-refractivity contribution >= 4 is 23.5 Å². The predicted octanol–water partition coefficient (Wildman–Crippen LogP) is 3.89. The fourth-order valence-corrected chi connectivity index (χ4v) is 4.09. The quantitative estimate of drug-likeness (QED) is 0.813. The number of hydrogen-bond donors (Lipinski definition) is 1. The van der Waals surface area contributed by atoms with Gasteiger partial charge in [-0.1, -0.05) is 35.9 Å². The molecule has 1 heterocycles. The fourth-order valence-electron chi connectivity index (χ4n) is 3.96. The van der Waals surface area contributed by atoms with Gasteiger partial charge in [0.25, 0.3) is 5.91 Å². The third kappa shape index (κ3) is 3.28. The van der Waals surface area contributed by atoms with Gasteiger partial charge in [0.2, 0.25) is 0 Å². The van der Waals surface area contributed by atoms with Crippen LogP contribution in [0.4, 0.5) is 4.79 Å².